The molecule has 0 unspecified atom stereocenters. The van der Waals surface area contributed by atoms with Crippen molar-refractivity contribution in [2.75, 3.05) is 27.4 Å². The van der Waals surface area contributed by atoms with Gasteiger partial charge in [0.25, 0.3) is 0 Å². The largest absolute Gasteiger partial charge is 0.493 e. The van der Waals surface area contributed by atoms with E-state index in [9.17, 15) is 0 Å². The molecule has 0 saturated heterocycles. The highest BCUT2D eigenvalue weighted by atomic mass is 79.9. The Balaban J connectivity index is 1.97. The van der Waals surface area contributed by atoms with E-state index in [-0.39, 0.29) is 6.10 Å². The zero-order valence-corrected chi connectivity index (χ0v) is 18.9. The number of hydrogen-bond acceptors (Lipinski definition) is 5. The van der Waals surface area contributed by atoms with Gasteiger partial charge in [-0.15, -0.1) is 0 Å². The second-order valence-corrected chi connectivity index (χ2v) is 7.47. The summed E-state index contributed by atoms with van der Waals surface area (Å²) in [6.07, 6.45) is 0.981. The summed E-state index contributed by atoms with van der Waals surface area (Å²) in [7, 11) is 3.30. The summed E-state index contributed by atoms with van der Waals surface area (Å²) in [5.74, 6) is 3.02. The summed E-state index contributed by atoms with van der Waals surface area (Å²) in [4.78, 5) is 0. The van der Waals surface area contributed by atoms with Crippen LogP contribution in [0.25, 0.3) is 0 Å². The minimum atomic E-state index is 0.0842. The molecular formula is C22H30BrNO4. The lowest BCUT2D eigenvalue weighted by atomic mass is 10.1. The SMILES string of the molecule is CCOc1cc(CNCCc2ccc(OC)c(OC)c2)cc(Br)c1OC(C)C. The molecule has 0 aliphatic carbocycles. The van der Waals surface area contributed by atoms with Gasteiger partial charge in [0, 0.05) is 6.54 Å². The fourth-order valence-corrected chi connectivity index (χ4v) is 3.42. The van der Waals surface area contributed by atoms with Crippen LogP contribution in [-0.2, 0) is 13.0 Å². The number of benzene rings is 2. The molecule has 2 aromatic carbocycles. The molecule has 5 nitrogen and oxygen atoms in total. The van der Waals surface area contributed by atoms with Gasteiger partial charge >= 0.3 is 0 Å². The number of nitrogens with one attached hydrogen (secondary N) is 1. The third kappa shape index (κ3) is 6.31. The molecule has 1 N–H and O–H groups in total. The van der Waals surface area contributed by atoms with Crippen LogP contribution in [0, 0.1) is 0 Å². The Morgan fingerprint density at radius 3 is 2.32 bits per heavy atom. The molecule has 0 amide bonds. The number of methoxy groups -OCH3 is 2. The van der Waals surface area contributed by atoms with Gasteiger partial charge in [0.15, 0.2) is 23.0 Å². The van der Waals surface area contributed by atoms with E-state index >= 15 is 0 Å². The smallest absolute Gasteiger partial charge is 0.175 e. The predicted octanol–water partition coefficient (Wildman–Crippen LogP) is 4.98. The van der Waals surface area contributed by atoms with E-state index < -0.39 is 0 Å². The van der Waals surface area contributed by atoms with E-state index in [1.807, 2.05) is 39.0 Å². The first-order valence-electron chi connectivity index (χ1n) is 9.52. The fourth-order valence-electron chi connectivity index (χ4n) is 2.84. The van der Waals surface area contributed by atoms with Crippen molar-refractivity contribution in [3.63, 3.8) is 0 Å². The van der Waals surface area contributed by atoms with Crippen LogP contribution in [0.15, 0.2) is 34.8 Å². The summed E-state index contributed by atoms with van der Waals surface area (Å²) in [6.45, 7) is 8.17. The van der Waals surface area contributed by atoms with Crippen LogP contribution >= 0.6 is 15.9 Å². The predicted molar refractivity (Wildman–Crippen MR) is 116 cm³/mol. The Bertz CT molecular complexity index is 764. The Hall–Kier alpha value is -1.92. The molecule has 6 heteroatoms. The highest BCUT2D eigenvalue weighted by Gasteiger charge is 2.13. The average Bonchev–Trinajstić information content (AvgIpc) is 2.67. The summed E-state index contributed by atoms with van der Waals surface area (Å²) in [6, 6.07) is 10.1. The molecule has 0 fully saturated rings. The van der Waals surface area contributed by atoms with Crippen LogP contribution in [0.2, 0.25) is 0 Å². The van der Waals surface area contributed by atoms with Gasteiger partial charge in [0.2, 0.25) is 0 Å². The molecule has 0 aliphatic rings. The summed E-state index contributed by atoms with van der Waals surface area (Å²) < 4.78 is 23.2. The van der Waals surface area contributed by atoms with Gasteiger partial charge in [-0.3, -0.25) is 0 Å². The molecule has 0 bridgehead atoms. The zero-order chi connectivity index (χ0) is 20.5. The monoisotopic (exact) mass is 451 g/mol. The zero-order valence-electron chi connectivity index (χ0n) is 17.3. The van der Waals surface area contributed by atoms with Crippen molar-refractivity contribution in [2.24, 2.45) is 0 Å². The van der Waals surface area contributed by atoms with Crippen molar-refractivity contribution >= 4 is 15.9 Å². The van der Waals surface area contributed by atoms with E-state index in [1.54, 1.807) is 14.2 Å². The first-order chi connectivity index (χ1) is 13.5. The van der Waals surface area contributed by atoms with Gasteiger partial charge < -0.3 is 24.3 Å². The normalized spacial score (nSPS) is 10.8. The number of rotatable bonds is 11. The topological polar surface area (TPSA) is 49.0 Å². The molecule has 0 aromatic heterocycles. The Kier molecular flexibility index (Phi) is 8.93. The highest BCUT2D eigenvalue weighted by molar-refractivity contribution is 9.10. The van der Waals surface area contributed by atoms with Crippen LogP contribution in [0.5, 0.6) is 23.0 Å². The van der Waals surface area contributed by atoms with E-state index in [0.717, 1.165) is 52.5 Å². The maximum absolute atomic E-state index is 5.89. The van der Waals surface area contributed by atoms with Crippen LogP contribution in [-0.4, -0.2) is 33.5 Å². The lowest BCUT2D eigenvalue weighted by Gasteiger charge is -2.17. The molecule has 0 atom stereocenters. The molecule has 0 saturated carbocycles. The van der Waals surface area contributed by atoms with E-state index in [0.29, 0.717) is 6.61 Å². The maximum atomic E-state index is 5.89. The molecular weight excluding hydrogens is 422 g/mol. The van der Waals surface area contributed by atoms with Gasteiger partial charge in [0.1, 0.15) is 0 Å². The molecule has 28 heavy (non-hydrogen) atoms. The van der Waals surface area contributed by atoms with Gasteiger partial charge in [0.05, 0.1) is 31.4 Å². The first kappa shape index (κ1) is 22.4. The maximum Gasteiger partial charge on any atom is 0.175 e. The molecule has 0 aliphatic heterocycles. The van der Waals surface area contributed by atoms with E-state index in [4.69, 9.17) is 18.9 Å². The van der Waals surface area contributed by atoms with Gasteiger partial charge in [-0.25, -0.2) is 0 Å². The molecule has 0 spiro atoms. The van der Waals surface area contributed by atoms with Crippen molar-refractivity contribution in [2.45, 2.75) is 39.8 Å². The summed E-state index contributed by atoms with van der Waals surface area (Å²) in [5, 5.41) is 3.48. The van der Waals surface area contributed by atoms with E-state index in [1.165, 1.54) is 5.56 Å². The first-order valence-corrected chi connectivity index (χ1v) is 10.3. The summed E-state index contributed by atoms with van der Waals surface area (Å²) >= 11 is 3.61. The minimum Gasteiger partial charge on any atom is -0.493 e. The second kappa shape index (κ2) is 11.2. The molecule has 0 radical (unpaired) electrons. The Morgan fingerprint density at radius 2 is 1.68 bits per heavy atom. The second-order valence-electron chi connectivity index (χ2n) is 6.62. The van der Waals surface area contributed by atoms with Crippen molar-refractivity contribution in [3.05, 3.63) is 45.9 Å². The van der Waals surface area contributed by atoms with Crippen molar-refractivity contribution in [1.82, 2.24) is 5.32 Å². The van der Waals surface area contributed by atoms with E-state index in [2.05, 4.69) is 33.4 Å². The minimum absolute atomic E-state index is 0.0842. The standard InChI is InChI=1S/C22H30BrNO4/c1-6-27-21-13-17(11-18(23)22(21)28-15(2)3)14-24-10-9-16-7-8-19(25-4)20(12-16)26-5/h7-8,11-13,15,24H,6,9-10,14H2,1-5H3. The van der Waals surface area contributed by atoms with Crippen molar-refractivity contribution < 1.29 is 18.9 Å². The van der Waals surface area contributed by atoms with Gasteiger partial charge in [-0.1, -0.05) is 6.07 Å². The van der Waals surface area contributed by atoms with Crippen molar-refractivity contribution in [1.29, 1.82) is 0 Å². The van der Waals surface area contributed by atoms with Crippen LogP contribution in [0.3, 0.4) is 0 Å². The highest BCUT2D eigenvalue weighted by Crippen LogP contribution is 2.37. The van der Waals surface area contributed by atoms with Crippen molar-refractivity contribution in [3.8, 4) is 23.0 Å². The molecule has 2 aromatic rings. The third-order valence-electron chi connectivity index (χ3n) is 4.09. The number of ether oxygens (including phenoxy) is 4. The van der Waals surface area contributed by atoms with Crippen LogP contribution in [0.4, 0.5) is 0 Å². The number of halogens is 1. The average molecular weight is 452 g/mol. The van der Waals surface area contributed by atoms with Crippen LogP contribution < -0.4 is 24.3 Å². The van der Waals surface area contributed by atoms with Gasteiger partial charge in [-0.2, -0.15) is 0 Å². The quantitative estimate of drug-likeness (QED) is 0.487. The lowest BCUT2D eigenvalue weighted by Crippen LogP contribution is -2.17. The van der Waals surface area contributed by atoms with Gasteiger partial charge in [-0.05, 0) is 85.1 Å². The Morgan fingerprint density at radius 1 is 0.964 bits per heavy atom. The third-order valence-corrected chi connectivity index (χ3v) is 4.68. The lowest BCUT2D eigenvalue weighted by molar-refractivity contribution is 0.222. The fraction of sp³-hybridized carbons (Fsp3) is 0.455. The molecule has 2 rings (SSSR count). The summed E-state index contributed by atoms with van der Waals surface area (Å²) in [5.41, 5.74) is 2.33. The molecule has 154 valence electrons. The Labute approximate surface area is 176 Å². The van der Waals surface area contributed by atoms with Crippen LogP contribution in [0.1, 0.15) is 31.9 Å². The molecule has 0 heterocycles. The number of hydrogen-bond donors (Lipinski definition) is 1.